The van der Waals surface area contributed by atoms with Crippen LogP contribution in [0.5, 0.6) is 0 Å². The molecule has 0 saturated carbocycles. The summed E-state index contributed by atoms with van der Waals surface area (Å²) in [6.07, 6.45) is 0. The second kappa shape index (κ2) is 6.78. The highest BCUT2D eigenvalue weighted by atomic mass is 35.5. The predicted molar refractivity (Wildman–Crippen MR) is 103 cm³/mol. The standard InChI is InChI=1S/C19H12Cl2N4O/c20-13-6-4-12(5-7-13)19(26)22-15-8-9-17-18(11-15)24-25(23-17)16-3-1-2-14(21)10-16/h1-11H,(H,22,26). The fourth-order valence-corrected chi connectivity index (χ4v) is 2.82. The van der Waals surface area contributed by atoms with Crippen LogP contribution in [-0.4, -0.2) is 20.9 Å². The average Bonchev–Trinajstić information content (AvgIpc) is 3.05. The molecule has 1 aromatic heterocycles. The summed E-state index contributed by atoms with van der Waals surface area (Å²) in [5, 5.41) is 12.9. The van der Waals surface area contributed by atoms with Crippen LogP contribution in [0.15, 0.2) is 66.7 Å². The molecule has 1 amide bonds. The minimum Gasteiger partial charge on any atom is -0.322 e. The third kappa shape index (κ3) is 3.40. The monoisotopic (exact) mass is 382 g/mol. The van der Waals surface area contributed by atoms with Crippen LogP contribution in [0, 0.1) is 0 Å². The summed E-state index contributed by atoms with van der Waals surface area (Å²) in [5.41, 5.74) is 3.31. The molecule has 0 radical (unpaired) electrons. The summed E-state index contributed by atoms with van der Waals surface area (Å²) in [5.74, 6) is -0.219. The zero-order chi connectivity index (χ0) is 18.1. The van der Waals surface area contributed by atoms with Crippen molar-refractivity contribution in [2.75, 3.05) is 5.32 Å². The van der Waals surface area contributed by atoms with E-state index in [1.54, 1.807) is 54.6 Å². The number of rotatable bonds is 3. The quantitative estimate of drug-likeness (QED) is 0.543. The lowest BCUT2D eigenvalue weighted by atomic mass is 10.2. The molecule has 0 fully saturated rings. The summed E-state index contributed by atoms with van der Waals surface area (Å²) >= 11 is 11.9. The molecule has 7 heteroatoms. The summed E-state index contributed by atoms with van der Waals surface area (Å²) in [6.45, 7) is 0. The molecule has 3 aromatic carbocycles. The Morgan fingerprint density at radius 3 is 2.38 bits per heavy atom. The summed E-state index contributed by atoms with van der Waals surface area (Å²) in [4.78, 5) is 13.8. The van der Waals surface area contributed by atoms with Gasteiger partial charge in [0, 0.05) is 21.3 Å². The molecule has 4 aromatic rings. The first-order valence-electron chi connectivity index (χ1n) is 7.78. The van der Waals surface area contributed by atoms with Gasteiger partial charge in [0.15, 0.2) is 0 Å². The van der Waals surface area contributed by atoms with Gasteiger partial charge in [0.2, 0.25) is 0 Å². The number of amides is 1. The predicted octanol–water partition coefficient (Wildman–Crippen LogP) is 4.98. The van der Waals surface area contributed by atoms with Crippen LogP contribution in [0.3, 0.4) is 0 Å². The Morgan fingerprint density at radius 1 is 0.846 bits per heavy atom. The van der Waals surface area contributed by atoms with Gasteiger partial charge < -0.3 is 5.32 Å². The molecular formula is C19H12Cl2N4O. The molecule has 128 valence electrons. The maximum Gasteiger partial charge on any atom is 0.255 e. The van der Waals surface area contributed by atoms with Gasteiger partial charge in [-0.05, 0) is 60.7 Å². The van der Waals surface area contributed by atoms with E-state index in [-0.39, 0.29) is 5.91 Å². The largest absolute Gasteiger partial charge is 0.322 e. The van der Waals surface area contributed by atoms with Crippen LogP contribution >= 0.6 is 23.2 Å². The van der Waals surface area contributed by atoms with Crippen molar-refractivity contribution >= 4 is 45.8 Å². The number of carbonyl (C=O) groups excluding carboxylic acids is 1. The molecule has 4 rings (SSSR count). The van der Waals surface area contributed by atoms with Crippen LogP contribution in [0.4, 0.5) is 5.69 Å². The maximum absolute atomic E-state index is 12.3. The number of benzene rings is 3. The van der Waals surface area contributed by atoms with Gasteiger partial charge in [0.1, 0.15) is 11.0 Å². The molecule has 26 heavy (non-hydrogen) atoms. The van der Waals surface area contributed by atoms with Crippen molar-refractivity contribution in [3.05, 3.63) is 82.3 Å². The van der Waals surface area contributed by atoms with Gasteiger partial charge in [-0.15, -0.1) is 10.2 Å². The maximum atomic E-state index is 12.3. The van der Waals surface area contributed by atoms with Crippen LogP contribution < -0.4 is 5.32 Å². The van der Waals surface area contributed by atoms with E-state index in [1.807, 2.05) is 12.1 Å². The van der Waals surface area contributed by atoms with Crippen molar-refractivity contribution in [1.29, 1.82) is 0 Å². The first-order valence-corrected chi connectivity index (χ1v) is 8.54. The zero-order valence-electron chi connectivity index (χ0n) is 13.4. The van der Waals surface area contributed by atoms with E-state index in [4.69, 9.17) is 23.2 Å². The van der Waals surface area contributed by atoms with Crippen molar-refractivity contribution in [2.45, 2.75) is 0 Å². The van der Waals surface area contributed by atoms with Crippen LogP contribution in [0.2, 0.25) is 10.0 Å². The Labute approximate surface area is 159 Å². The summed E-state index contributed by atoms with van der Waals surface area (Å²) < 4.78 is 0. The van der Waals surface area contributed by atoms with Crippen LogP contribution in [0.25, 0.3) is 16.7 Å². The van der Waals surface area contributed by atoms with E-state index in [2.05, 4.69) is 15.5 Å². The van der Waals surface area contributed by atoms with Gasteiger partial charge in [-0.1, -0.05) is 29.3 Å². The molecule has 1 heterocycles. The number of fused-ring (bicyclic) bond motifs is 1. The number of anilines is 1. The average molecular weight is 383 g/mol. The smallest absolute Gasteiger partial charge is 0.255 e. The third-order valence-corrected chi connectivity index (χ3v) is 4.27. The number of halogens is 2. The normalized spacial score (nSPS) is 10.8. The molecule has 0 spiro atoms. The highest BCUT2D eigenvalue weighted by molar-refractivity contribution is 6.31. The first kappa shape index (κ1) is 16.6. The van der Waals surface area contributed by atoms with Gasteiger partial charge in [-0.2, -0.15) is 4.80 Å². The van der Waals surface area contributed by atoms with Crippen molar-refractivity contribution in [3.63, 3.8) is 0 Å². The van der Waals surface area contributed by atoms with Gasteiger partial charge in [0.05, 0.1) is 5.69 Å². The van der Waals surface area contributed by atoms with E-state index in [9.17, 15) is 4.79 Å². The van der Waals surface area contributed by atoms with E-state index in [1.165, 1.54) is 4.80 Å². The Kier molecular flexibility index (Phi) is 4.32. The molecule has 0 bridgehead atoms. The highest BCUT2D eigenvalue weighted by Crippen LogP contribution is 2.20. The van der Waals surface area contributed by atoms with Crippen LogP contribution in [-0.2, 0) is 0 Å². The molecule has 0 aliphatic heterocycles. The Balaban J connectivity index is 1.61. The van der Waals surface area contributed by atoms with E-state index in [0.29, 0.717) is 26.8 Å². The van der Waals surface area contributed by atoms with Gasteiger partial charge in [-0.25, -0.2) is 0 Å². The molecule has 0 aliphatic rings. The first-order chi connectivity index (χ1) is 12.6. The summed E-state index contributed by atoms with van der Waals surface area (Å²) in [6, 6.07) is 19.3. The van der Waals surface area contributed by atoms with Gasteiger partial charge in [0.25, 0.3) is 5.91 Å². The van der Waals surface area contributed by atoms with Crippen molar-refractivity contribution < 1.29 is 4.79 Å². The fourth-order valence-electron chi connectivity index (χ4n) is 2.51. The Morgan fingerprint density at radius 2 is 1.62 bits per heavy atom. The van der Waals surface area contributed by atoms with E-state index < -0.39 is 0 Å². The molecular weight excluding hydrogens is 371 g/mol. The minimum absolute atomic E-state index is 0.219. The minimum atomic E-state index is -0.219. The highest BCUT2D eigenvalue weighted by Gasteiger charge is 2.09. The van der Waals surface area contributed by atoms with E-state index in [0.717, 1.165) is 11.2 Å². The molecule has 5 nitrogen and oxygen atoms in total. The zero-order valence-corrected chi connectivity index (χ0v) is 14.9. The molecule has 0 aliphatic carbocycles. The van der Waals surface area contributed by atoms with Crippen molar-refractivity contribution in [2.24, 2.45) is 0 Å². The fraction of sp³-hybridized carbons (Fsp3) is 0. The van der Waals surface area contributed by atoms with Gasteiger partial charge >= 0.3 is 0 Å². The number of nitrogens with one attached hydrogen (secondary N) is 1. The number of nitrogens with zero attached hydrogens (tertiary/aromatic N) is 3. The van der Waals surface area contributed by atoms with Crippen molar-refractivity contribution in [3.8, 4) is 5.69 Å². The van der Waals surface area contributed by atoms with Gasteiger partial charge in [-0.3, -0.25) is 4.79 Å². The van der Waals surface area contributed by atoms with E-state index >= 15 is 0 Å². The second-order valence-corrected chi connectivity index (χ2v) is 6.51. The number of hydrogen-bond acceptors (Lipinski definition) is 3. The molecule has 0 saturated heterocycles. The number of carbonyl (C=O) groups is 1. The number of hydrogen-bond donors (Lipinski definition) is 1. The van der Waals surface area contributed by atoms with Crippen molar-refractivity contribution in [1.82, 2.24) is 15.0 Å². The third-order valence-electron chi connectivity index (χ3n) is 3.78. The lowest BCUT2D eigenvalue weighted by molar-refractivity contribution is 0.102. The topological polar surface area (TPSA) is 59.8 Å². The Bertz CT molecular complexity index is 1110. The molecule has 1 N–H and O–H groups in total. The SMILES string of the molecule is O=C(Nc1ccc2nn(-c3cccc(Cl)c3)nc2c1)c1ccc(Cl)cc1. The van der Waals surface area contributed by atoms with Crippen LogP contribution in [0.1, 0.15) is 10.4 Å². The summed E-state index contributed by atoms with van der Waals surface area (Å²) in [7, 11) is 0. The lowest BCUT2D eigenvalue weighted by Crippen LogP contribution is -2.11. The lowest BCUT2D eigenvalue weighted by Gasteiger charge is -2.04. The molecule has 0 unspecified atom stereocenters. The number of aromatic nitrogens is 3. The molecule has 0 atom stereocenters. The second-order valence-electron chi connectivity index (χ2n) is 5.63. The Hall–Kier alpha value is -2.89.